The highest BCUT2D eigenvalue weighted by Gasteiger charge is 2.36. The fourth-order valence-corrected chi connectivity index (χ4v) is 7.86. The van der Waals surface area contributed by atoms with Gasteiger partial charge in [-0.1, -0.05) is 41.4 Å². The van der Waals surface area contributed by atoms with Gasteiger partial charge in [0.1, 0.15) is 5.76 Å². The summed E-state index contributed by atoms with van der Waals surface area (Å²) >= 11 is 13.4. The van der Waals surface area contributed by atoms with Gasteiger partial charge in [0.25, 0.3) is 5.91 Å². The Morgan fingerprint density at radius 3 is 2.49 bits per heavy atom. The van der Waals surface area contributed by atoms with Gasteiger partial charge in [0.05, 0.1) is 55.8 Å². The summed E-state index contributed by atoms with van der Waals surface area (Å²) in [5.41, 5.74) is 1.64. The van der Waals surface area contributed by atoms with Crippen LogP contribution in [0.5, 0.6) is 0 Å². The number of furan rings is 1. The van der Waals surface area contributed by atoms with Crippen molar-refractivity contribution in [2.24, 2.45) is 0 Å². The molecule has 1 atom stereocenters. The predicted octanol–water partition coefficient (Wildman–Crippen LogP) is 6.47. The first-order valence-electron chi connectivity index (χ1n) is 14.0. The van der Waals surface area contributed by atoms with E-state index >= 15 is 0 Å². The summed E-state index contributed by atoms with van der Waals surface area (Å²) < 4.78 is 33.4. The van der Waals surface area contributed by atoms with E-state index in [-0.39, 0.29) is 32.5 Å². The molecule has 3 N–H and O–H groups in total. The number of rotatable bonds is 9. The van der Waals surface area contributed by atoms with Crippen molar-refractivity contribution in [3.8, 4) is 6.07 Å². The molecule has 1 saturated heterocycles. The van der Waals surface area contributed by atoms with Gasteiger partial charge in [-0.15, -0.1) is 0 Å². The van der Waals surface area contributed by atoms with Crippen molar-refractivity contribution in [2.45, 2.75) is 37.0 Å². The van der Waals surface area contributed by atoms with Crippen LogP contribution in [0.15, 0.2) is 92.0 Å². The van der Waals surface area contributed by atoms with E-state index in [0.29, 0.717) is 40.3 Å². The number of dihydropyridines is 1. The normalized spacial score (nSPS) is 17.4. The van der Waals surface area contributed by atoms with Crippen molar-refractivity contribution in [1.29, 1.82) is 5.26 Å². The van der Waals surface area contributed by atoms with Gasteiger partial charge in [-0.25, -0.2) is 8.42 Å². The van der Waals surface area contributed by atoms with Crippen LogP contribution in [0.1, 0.15) is 37.9 Å². The highest BCUT2D eigenvalue weighted by Crippen LogP contribution is 2.41. The number of anilines is 2. The molecule has 234 valence electrons. The van der Waals surface area contributed by atoms with E-state index in [9.17, 15) is 23.3 Å². The molecule has 3 aromatic rings. The summed E-state index contributed by atoms with van der Waals surface area (Å²) in [7, 11) is -3.73. The fourth-order valence-electron chi connectivity index (χ4n) is 5.14. The fraction of sp³-hybridized carbons (Fsp3) is 0.258. The third kappa shape index (κ3) is 7.40. The lowest BCUT2D eigenvalue weighted by atomic mass is 9.85. The lowest BCUT2D eigenvalue weighted by Crippen LogP contribution is -2.35. The highest BCUT2D eigenvalue weighted by atomic mass is 35.5. The minimum atomic E-state index is -3.73. The second-order valence-corrected chi connectivity index (χ2v) is 14.1. The second-order valence-electron chi connectivity index (χ2n) is 10.4. The molecule has 0 aliphatic carbocycles. The van der Waals surface area contributed by atoms with E-state index in [1.165, 1.54) is 28.8 Å². The molecule has 14 heteroatoms. The first-order valence-corrected chi connectivity index (χ1v) is 17.2. The summed E-state index contributed by atoms with van der Waals surface area (Å²) in [6.07, 6.45) is 4.04. The largest absolute Gasteiger partial charge is 0.468 e. The zero-order valence-corrected chi connectivity index (χ0v) is 27.2. The van der Waals surface area contributed by atoms with E-state index in [0.717, 1.165) is 31.0 Å². The molecule has 2 aliphatic rings. The van der Waals surface area contributed by atoms with Crippen LogP contribution >= 0.6 is 35.0 Å². The first kappa shape index (κ1) is 32.7. The maximum absolute atomic E-state index is 13.5. The number of carbonyl (C=O) groups is 2. The number of nitrogens with zero attached hydrogens (tertiary/aromatic N) is 2. The summed E-state index contributed by atoms with van der Waals surface area (Å²) in [6, 6.07) is 16.4. The monoisotopic (exact) mass is 685 g/mol. The van der Waals surface area contributed by atoms with Crippen LogP contribution in [0, 0.1) is 11.3 Å². The van der Waals surface area contributed by atoms with Gasteiger partial charge >= 0.3 is 0 Å². The van der Waals surface area contributed by atoms with Crippen molar-refractivity contribution >= 4 is 68.2 Å². The Morgan fingerprint density at radius 2 is 1.82 bits per heavy atom. The number of amides is 2. The van der Waals surface area contributed by atoms with Crippen molar-refractivity contribution < 1.29 is 22.4 Å². The molecule has 1 aromatic heterocycles. The number of sulfonamides is 1. The highest BCUT2D eigenvalue weighted by molar-refractivity contribution is 8.03. The molecule has 2 aromatic carbocycles. The molecule has 3 heterocycles. The number of hydrogen-bond donors (Lipinski definition) is 3. The molecule has 2 amide bonds. The summed E-state index contributed by atoms with van der Waals surface area (Å²) in [4.78, 5) is 26.6. The topological polar surface area (TPSA) is 145 Å². The van der Waals surface area contributed by atoms with Gasteiger partial charge in [-0.2, -0.15) is 9.57 Å². The van der Waals surface area contributed by atoms with Crippen LogP contribution in [-0.2, 0) is 19.6 Å². The van der Waals surface area contributed by atoms with Crippen molar-refractivity contribution in [3.63, 3.8) is 0 Å². The Balaban J connectivity index is 1.34. The lowest BCUT2D eigenvalue weighted by Gasteiger charge is -2.28. The quantitative estimate of drug-likeness (QED) is 0.233. The van der Waals surface area contributed by atoms with E-state index in [4.69, 9.17) is 27.6 Å². The van der Waals surface area contributed by atoms with E-state index < -0.39 is 27.8 Å². The maximum Gasteiger partial charge on any atom is 0.254 e. The molecule has 10 nitrogen and oxygen atoms in total. The molecule has 1 fully saturated rings. The Kier molecular flexibility index (Phi) is 10.3. The molecule has 0 bridgehead atoms. The zero-order chi connectivity index (χ0) is 32.1. The smallest absolute Gasteiger partial charge is 0.254 e. The number of piperidine rings is 1. The molecule has 2 aliphatic heterocycles. The van der Waals surface area contributed by atoms with Gasteiger partial charge in [0.2, 0.25) is 15.9 Å². The molecule has 45 heavy (non-hydrogen) atoms. The Morgan fingerprint density at radius 1 is 1.09 bits per heavy atom. The average Bonchev–Trinajstić information content (AvgIpc) is 3.57. The van der Waals surface area contributed by atoms with Crippen LogP contribution in [0.25, 0.3) is 0 Å². The molecule has 0 spiro atoms. The second kappa shape index (κ2) is 14.1. The summed E-state index contributed by atoms with van der Waals surface area (Å²) in [5, 5.41) is 20.0. The standard InChI is InChI=1S/C31H29Cl2N5O5S2/c1-19-28(30(40)36-21-9-7-20(32)8-10-21)29(26-6-5-15-43-26)23(17-34)31(35-19)44-18-27(39)37-25-16-22(11-12-24(25)33)45(41,42)38-13-3-2-4-14-38/h5-12,15-16,29,35H,2-4,13-14,18H2,1H3,(H,36,40)(H,37,39)/t29-/m1/s1. The number of nitrogens with one attached hydrogen (secondary N) is 3. The molecule has 0 saturated carbocycles. The molecular formula is C31H29Cl2N5O5S2. The van der Waals surface area contributed by atoms with Gasteiger partial charge in [-0.05, 0) is 74.4 Å². The van der Waals surface area contributed by atoms with Crippen LogP contribution in [0.4, 0.5) is 11.4 Å². The molecule has 0 unspecified atom stereocenters. The van der Waals surface area contributed by atoms with Crippen molar-refractivity contribution in [3.05, 3.63) is 98.5 Å². The minimum absolute atomic E-state index is 0.0478. The lowest BCUT2D eigenvalue weighted by molar-refractivity contribution is -0.114. The van der Waals surface area contributed by atoms with Crippen LogP contribution < -0.4 is 16.0 Å². The zero-order valence-electron chi connectivity index (χ0n) is 24.1. The number of thioether (sulfide) groups is 1. The number of allylic oxidation sites excluding steroid dienone is 2. The van der Waals surface area contributed by atoms with E-state index in [1.807, 2.05) is 0 Å². The number of halogens is 2. The van der Waals surface area contributed by atoms with Crippen LogP contribution in [0.2, 0.25) is 10.0 Å². The number of hydrogen-bond acceptors (Lipinski definition) is 8. The summed E-state index contributed by atoms with van der Waals surface area (Å²) in [6.45, 7) is 2.60. The Hall–Kier alpha value is -3.73. The Labute approximate surface area is 275 Å². The van der Waals surface area contributed by atoms with Crippen molar-refractivity contribution in [2.75, 3.05) is 29.5 Å². The first-order chi connectivity index (χ1) is 21.6. The van der Waals surface area contributed by atoms with Crippen LogP contribution in [-0.4, -0.2) is 43.4 Å². The number of carbonyl (C=O) groups excluding carboxylic acids is 2. The maximum atomic E-state index is 13.5. The SMILES string of the molecule is CC1=C(C(=O)Nc2ccc(Cl)cc2)[C@@H](c2ccco2)C(C#N)=C(SCC(=O)Nc2cc(S(=O)(=O)N3CCCCC3)ccc2Cl)N1. The van der Waals surface area contributed by atoms with E-state index in [2.05, 4.69) is 22.0 Å². The Bertz CT molecular complexity index is 1810. The molecular weight excluding hydrogens is 657 g/mol. The molecule has 0 radical (unpaired) electrons. The molecule has 5 rings (SSSR count). The minimum Gasteiger partial charge on any atom is -0.468 e. The number of benzene rings is 2. The van der Waals surface area contributed by atoms with E-state index in [1.54, 1.807) is 43.3 Å². The number of nitriles is 1. The summed E-state index contributed by atoms with van der Waals surface area (Å²) in [5.74, 6) is -1.50. The predicted molar refractivity (Wildman–Crippen MR) is 175 cm³/mol. The van der Waals surface area contributed by atoms with Crippen molar-refractivity contribution in [1.82, 2.24) is 9.62 Å². The third-order valence-electron chi connectivity index (χ3n) is 7.33. The third-order valence-corrected chi connectivity index (χ3v) is 10.8. The average molecular weight is 687 g/mol. The van der Waals surface area contributed by atoms with Crippen LogP contribution in [0.3, 0.4) is 0 Å². The van der Waals surface area contributed by atoms with Gasteiger partial charge in [-0.3, -0.25) is 9.59 Å². The van der Waals surface area contributed by atoms with Gasteiger partial charge in [0.15, 0.2) is 0 Å². The van der Waals surface area contributed by atoms with Gasteiger partial charge in [0, 0.05) is 29.5 Å². The van der Waals surface area contributed by atoms with Gasteiger partial charge < -0.3 is 20.4 Å².